The summed E-state index contributed by atoms with van der Waals surface area (Å²) < 4.78 is 37.3. The first-order chi connectivity index (χ1) is 9.47. The summed E-state index contributed by atoms with van der Waals surface area (Å²) in [6.45, 7) is 2.50. The average molecular weight is 280 g/mol. The molecule has 0 aliphatic carbocycles. The lowest BCUT2D eigenvalue weighted by atomic mass is 10.1. The standard InChI is InChI=1S/C15H15F3N2/c1-11(13-3-2-8-19-10-13)20-9-12-4-6-14(7-5-12)15(16,17)18/h2-8,10-11,20H,9H2,1H3/t11-/m1/s1. The van der Waals surface area contributed by atoms with Crippen molar-refractivity contribution >= 4 is 0 Å². The van der Waals surface area contributed by atoms with Gasteiger partial charge < -0.3 is 5.32 Å². The Kier molecular flexibility index (Phi) is 4.39. The van der Waals surface area contributed by atoms with Crippen LogP contribution in [0.15, 0.2) is 48.8 Å². The Morgan fingerprint density at radius 2 is 1.85 bits per heavy atom. The van der Waals surface area contributed by atoms with Gasteiger partial charge in [-0.1, -0.05) is 18.2 Å². The summed E-state index contributed by atoms with van der Waals surface area (Å²) in [5, 5.41) is 3.25. The zero-order valence-corrected chi connectivity index (χ0v) is 11.0. The topological polar surface area (TPSA) is 24.9 Å². The Morgan fingerprint density at radius 1 is 1.15 bits per heavy atom. The fourth-order valence-electron chi connectivity index (χ4n) is 1.83. The van der Waals surface area contributed by atoms with Gasteiger partial charge in [0.15, 0.2) is 0 Å². The molecule has 2 nitrogen and oxygen atoms in total. The van der Waals surface area contributed by atoms with E-state index in [4.69, 9.17) is 0 Å². The summed E-state index contributed by atoms with van der Waals surface area (Å²) >= 11 is 0. The number of hydrogen-bond acceptors (Lipinski definition) is 2. The molecule has 2 rings (SSSR count). The second kappa shape index (κ2) is 6.05. The van der Waals surface area contributed by atoms with Gasteiger partial charge in [0.2, 0.25) is 0 Å². The lowest BCUT2D eigenvalue weighted by Gasteiger charge is -2.14. The van der Waals surface area contributed by atoms with Crippen molar-refractivity contribution in [2.75, 3.05) is 0 Å². The van der Waals surface area contributed by atoms with E-state index in [1.54, 1.807) is 12.4 Å². The first-order valence-corrected chi connectivity index (χ1v) is 6.26. The molecule has 0 amide bonds. The van der Waals surface area contributed by atoms with Gasteiger partial charge in [0, 0.05) is 25.0 Å². The number of halogens is 3. The van der Waals surface area contributed by atoms with Crippen LogP contribution in [0.2, 0.25) is 0 Å². The molecule has 0 spiro atoms. The zero-order valence-electron chi connectivity index (χ0n) is 11.0. The van der Waals surface area contributed by atoms with Crippen molar-refractivity contribution in [3.63, 3.8) is 0 Å². The molecular weight excluding hydrogens is 265 g/mol. The maximum atomic E-state index is 12.4. The monoisotopic (exact) mass is 280 g/mol. The molecule has 0 bridgehead atoms. The highest BCUT2D eigenvalue weighted by molar-refractivity contribution is 5.24. The summed E-state index contributed by atoms with van der Waals surface area (Å²) in [5.41, 5.74) is 1.23. The van der Waals surface area contributed by atoms with Crippen LogP contribution in [0.25, 0.3) is 0 Å². The third-order valence-corrected chi connectivity index (χ3v) is 3.08. The van der Waals surface area contributed by atoms with Crippen molar-refractivity contribution in [3.05, 3.63) is 65.5 Å². The third-order valence-electron chi connectivity index (χ3n) is 3.08. The van der Waals surface area contributed by atoms with E-state index in [2.05, 4.69) is 10.3 Å². The molecule has 0 saturated carbocycles. The minimum absolute atomic E-state index is 0.0889. The van der Waals surface area contributed by atoms with Crippen LogP contribution in [-0.2, 0) is 12.7 Å². The van der Waals surface area contributed by atoms with Gasteiger partial charge in [-0.2, -0.15) is 13.2 Å². The molecule has 0 aliphatic rings. The Morgan fingerprint density at radius 3 is 2.40 bits per heavy atom. The minimum atomic E-state index is -4.28. The first kappa shape index (κ1) is 14.5. The molecule has 1 aromatic heterocycles. The number of hydrogen-bond donors (Lipinski definition) is 1. The molecule has 20 heavy (non-hydrogen) atoms. The fraction of sp³-hybridized carbons (Fsp3) is 0.267. The van der Waals surface area contributed by atoms with Gasteiger partial charge in [0.05, 0.1) is 5.56 Å². The Bertz CT molecular complexity index is 535. The van der Waals surface area contributed by atoms with Gasteiger partial charge in [-0.15, -0.1) is 0 Å². The number of nitrogens with zero attached hydrogens (tertiary/aromatic N) is 1. The van der Waals surface area contributed by atoms with Crippen molar-refractivity contribution in [2.45, 2.75) is 25.7 Å². The van der Waals surface area contributed by atoms with Crippen LogP contribution in [0.4, 0.5) is 13.2 Å². The van der Waals surface area contributed by atoms with Crippen molar-refractivity contribution in [1.29, 1.82) is 0 Å². The van der Waals surface area contributed by atoms with Crippen LogP contribution < -0.4 is 5.32 Å². The van der Waals surface area contributed by atoms with Crippen LogP contribution in [-0.4, -0.2) is 4.98 Å². The second-order valence-corrected chi connectivity index (χ2v) is 4.58. The molecule has 106 valence electrons. The quantitative estimate of drug-likeness (QED) is 0.917. The second-order valence-electron chi connectivity index (χ2n) is 4.58. The van der Waals surface area contributed by atoms with Gasteiger partial charge >= 0.3 is 6.18 Å². The Labute approximate surface area is 115 Å². The van der Waals surface area contributed by atoms with Gasteiger partial charge in [0.1, 0.15) is 0 Å². The van der Waals surface area contributed by atoms with Gasteiger partial charge in [0.25, 0.3) is 0 Å². The largest absolute Gasteiger partial charge is 0.416 e. The highest BCUT2D eigenvalue weighted by Crippen LogP contribution is 2.29. The van der Waals surface area contributed by atoms with E-state index in [0.717, 1.165) is 23.3 Å². The van der Waals surface area contributed by atoms with E-state index in [1.807, 2.05) is 19.1 Å². The van der Waals surface area contributed by atoms with Crippen LogP contribution in [0.5, 0.6) is 0 Å². The molecule has 2 aromatic rings. The number of aromatic nitrogens is 1. The van der Waals surface area contributed by atoms with Crippen molar-refractivity contribution in [2.24, 2.45) is 0 Å². The van der Waals surface area contributed by atoms with E-state index < -0.39 is 11.7 Å². The van der Waals surface area contributed by atoms with E-state index in [1.165, 1.54) is 12.1 Å². The zero-order chi connectivity index (χ0) is 14.6. The molecule has 1 atom stereocenters. The summed E-state index contributed by atoms with van der Waals surface area (Å²) in [6, 6.07) is 9.09. The third kappa shape index (κ3) is 3.81. The smallest absolute Gasteiger partial charge is 0.306 e. The van der Waals surface area contributed by atoms with Crippen LogP contribution in [0, 0.1) is 0 Å². The Hall–Kier alpha value is -1.88. The van der Waals surface area contributed by atoms with E-state index in [0.29, 0.717) is 6.54 Å². The molecule has 1 heterocycles. The predicted molar refractivity (Wildman–Crippen MR) is 70.9 cm³/mol. The SMILES string of the molecule is C[C@@H](NCc1ccc(C(F)(F)F)cc1)c1cccnc1. The molecule has 0 fully saturated rings. The van der Waals surface area contributed by atoms with Gasteiger partial charge in [-0.25, -0.2) is 0 Å². The molecular formula is C15H15F3N2. The molecule has 1 N–H and O–H groups in total. The first-order valence-electron chi connectivity index (χ1n) is 6.26. The predicted octanol–water partition coefficient (Wildman–Crippen LogP) is 3.95. The molecule has 0 saturated heterocycles. The van der Waals surface area contributed by atoms with Crippen molar-refractivity contribution < 1.29 is 13.2 Å². The summed E-state index contributed by atoms with van der Waals surface area (Å²) in [7, 11) is 0. The highest BCUT2D eigenvalue weighted by Gasteiger charge is 2.29. The average Bonchev–Trinajstić information content (AvgIpc) is 2.45. The maximum Gasteiger partial charge on any atom is 0.416 e. The number of alkyl halides is 3. The lowest BCUT2D eigenvalue weighted by molar-refractivity contribution is -0.137. The molecule has 0 radical (unpaired) electrons. The number of benzene rings is 1. The maximum absolute atomic E-state index is 12.4. The number of rotatable bonds is 4. The molecule has 1 aromatic carbocycles. The molecule has 0 unspecified atom stereocenters. The molecule has 0 aliphatic heterocycles. The van der Waals surface area contributed by atoms with Crippen LogP contribution >= 0.6 is 0 Å². The van der Waals surface area contributed by atoms with E-state index in [-0.39, 0.29) is 6.04 Å². The van der Waals surface area contributed by atoms with Crippen LogP contribution in [0.3, 0.4) is 0 Å². The summed E-state index contributed by atoms with van der Waals surface area (Å²) in [5.74, 6) is 0. The highest BCUT2D eigenvalue weighted by atomic mass is 19.4. The van der Waals surface area contributed by atoms with E-state index in [9.17, 15) is 13.2 Å². The van der Waals surface area contributed by atoms with Crippen molar-refractivity contribution in [1.82, 2.24) is 10.3 Å². The van der Waals surface area contributed by atoms with Crippen molar-refractivity contribution in [3.8, 4) is 0 Å². The number of nitrogens with one attached hydrogen (secondary N) is 1. The fourth-order valence-corrected chi connectivity index (χ4v) is 1.83. The minimum Gasteiger partial charge on any atom is -0.306 e. The van der Waals surface area contributed by atoms with E-state index >= 15 is 0 Å². The van der Waals surface area contributed by atoms with Gasteiger partial charge in [-0.05, 0) is 36.2 Å². The lowest BCUT2D eigenvalue weighted by Crippen LogP contribution is -2.18. The normalized spacial score (nSPS) is 13.2. The summed E-state index contributed by atoms with van der Waals surface area (Å²) in [4.78, 5) is 4.03. The molecule has 5 heteroatoms. The summed E-state index contributed by atoms with van der Waals surface area (Å²) in [6.07, 6.45) is -0.814. The Balaban J connectivity index is 1.94. The van der Waals surface area contributed by atoms with Crippen LogP contribution in [0.1, 0.15) is 29.7 Å². The number of pyridine rings is 1. The van der Waals surface area contributed by atoms with Gasteiger partial charge in [-0.3, -0.25) is 4.98 Å².